The Morgan fingerprint density at radius 1 is 0.821 bits per heavy atom. The predicted octanol–water partition coefficient (Wildman–Crippen LogP) is 5.00. The Hall–Kier alpha value is -4.91. The molecule has 3 aliphatic heterocycles. The van der Waals surface area contributed by atoms with Crippen LogP contribution in [-0.4, -0.2) is 35.8 Å². The molecule has 7 rings (SSSR count). The van der Waals surface area contributed by atoms with Gasteiger partial charge >= 0.3 is 0 Å². The number of methoxy groups -OCH3 is 1. The molecule has 4 aromatic carbocycles. The third-order valence-corrected chi connectivity index (χ3v) is 8.08. The number of carbonyl (C=O) groups is 3. The fraction of sp³-hybridized carbons (Fsp3) is 0.156. The molecule has 4 atom stereocenters. The van der Waals surface area contributed by atoms with Crippen LogP contribution in [0.1, 0.15) is 17.2 Å². The summed E-state index contributed by atoms with van der Waals surface area (Å²) in [5.41, 5.74) is 3.04. The van der Waals surface area contributed by atoms with Gasteiger partial charge in [0.05, 0.1) is 30.7 Å². The lowest BCUT2D eigenvalue weighted by atomic mass is 9.84. The molecule has 0 saturated carbocycles. The van der Waals surface area contributed by atoms with Crippen LogP contribution >= 0.6 is 0 Å². The first-order valence-electron chi connectivity index (χ1n) is 12.9. The number of amides is 3. The number of benzene rings is 4. The van der Waals surface area contributed by atoms with Crippen molar-refractivity contribution in [3.05, 3.63) is 108 Å². The summed E-state index contributed by atoms with van der Waals surface area (Å²) in [5.74, 6) is -1.81. The van der Waals surface area contributed by atoms with Crippen molar-refractivity contribution in [1.29, 1.82) is 0 Å². The molecule has 4 aromatic rings. The minimum absolute atomic E-state index is 0.278. The second-order valence-electron chi connectivity index (χ2n) is 10.1. The van der Waals surface area contributed by atoms with E-state index in [1.807, 2.05) is 77.8 Å². The lowest BCUT2D eigenvalue weighted by Crippen LogP contribution is -2.46. The molecule has 1 N–H and O–H groups in total. The zero-order valence-electron chi connectivity index (χ0n) is 21.2. The van der Waals surface area contributed by atoms with Gasteiger partial charge in [-0.1, -0.05) is 54.6 Å². The SMILES string of the molecule is COc1ccc(NC(=O)[C@@H]2[C@@H]3C(=O)N(c4ccc5ccccc5c4)C(=O)[C@H]3[C@@H]3c4ccccc4C=CN23)cc1. The third-order valence-electron chi connectivity index (χ3n) is 8.08. The first-order valence-corrected chi connectivity index (χ1v) is 12.9. The lowest BCUT2D eigenvalue weighted by Gasteiger charge is -2.35. The molecular formula is C32H25N3O4. The lowest BCUT2D eigenvalue weighted by molar-refractivity contribution is -0.128. The van der Waals surface area contributed by atoms with Crippen molar-refractivity contribution in [1.82, 2.24) is 4.90 Å². The van der Waals surface area contributed by atoms with Gasteiger partial charge in [0.2, 0.25) is 17.7 Å². The standard InChI is InChI=1S/C32H25N3O4/c1-39-24-14-11-22(12-15-24)33-30(36)29-27-26(28-25-9-5-4-7-20(25)16-17-34(28)29)31(37)35(32(27)38)23-13-10-19-6-2-3-8-21(19)18-23/h2-18,26-29H,1H3,(H,33,36)/t26-,27-,28+,29+/m1/s1. The molecule has 0 unspecified atom stereocenters. The topological polar surface area (TPSA) is 79.0 Å². The Labute approximate surface area is 225 Å². The van der Waals surface area contributed by atoms with Crippen LogP contribution in [0, 0.1) is 11.8 Å². The van der Waals surface area contributed by atoms with E-state index in [0.717, 1.165) is 21.9 Å². The van der Waals surface area contributed by atoms with E-state index in [1.54, 1.807) is 37.4 Å². The minimum atomic E-state index is -0.853. The van der Waals surface area contributed by atoms with Crippen molar-refractivity contribution in [2.75, 3.05) is 17.3 Å². The van der Waals surface area contributed by atoms with Crippen molar-refractivity contribution < 1.29 is 19.1 Å². The van der Waals surface area contributed by atoms with Crippen molar-refractivity contribution in [2.24, 2.45) is 11.8 Å². The Balaban J connectivity index is 1.30. The first-order chi connectivity index (χ1) is 19.0. The summed E-state index contributed by atoms with van der Waals surface area (Å²) in [6.45, 7) is 0. The molecule has 39 heavy (non-hydrogen) atoms. The zero-order valence-corrected chi connectivity index (χ0v) is 21.2. The average molecular weight is 516 g/mol. The molecule has 7 heteroatoms. The summed E-state index contributed by atoms with van der Waals surface area (Å²) in [7, 11) is 1.58. The number of hydrogen-bond donors (Lipinski definition) is 1. The molecule has 0 spiro atoms. The van der Waals surface area contributed by atoms with E-state index in [0.29, 0.717) is 17.1 Å². The third kappa shape index (κ3) is 3.54. The highest BCUT2D eigenvalue weighted by Gasteiger charge is 2.64. The van der Waals surface area contributed by atoms with Crippen LogP contribution in [0.4, 0.5) is 11.4 Å². The average Bonchev–Trinajstić information content (AvgIpc) is 3.45. The number of nitrogens with one attached hydrogen (secondary N) is 1. The van der Waals surface area contributed by atoms with Gasteiger partial charge in [0.1, 0.15) is 11.8 Å². The van der Waals surface area contributed by atoms with E-state index in [4.69, 9.17) is 4.74 Å². The number of fused-ring (bicyclic) bond motifs is 6. The first kappa shape index (κ1) is 23.2. The molecule has 7 nitrogen and oxygen atoms in total. The summed E-state index contributed by atoms with van der Waals surface area (Å²) in [4.78, 5) is 45.2. The van der Waals surface area contributed by atoms with E-state index < -0.39 is 23.9 Å². The number of imide groups is 1. The molecule has 0 aliphatic carbocycles. The maximum atomic E-state index is 14.1. The Bertz CT molecular complexity index is 1680. The second-order valence-corrected chi connectivity index (χ2v) is 10.1. The molecule has 2 fully saturated rings. The highest BCUT2D eigenvalue weighted by atomic mass is 16.5. The maximum Gasteiger partial charge on any atom is 0.247 e. The molecule has 0 aromatic heterocycles. The number of rotatable bonds is 4. The number of nitrogens with zero attached hydrogens (tertiary/aromatic N) is 2. The van der Waals surface area contributed by atoms with Crippen LogP contribution in [-0.2, 0) is 14.4 Å². The Morgan fingerprint density at radius 3 is 2.33 bits per heavy atom. The van der Waals surface area contributed by atoms with E-state index in [1.165, 1.54) is 4.90 Å². The van der Waals surface area contributed by atoms with Crippen LogP contribution in [0.5, 0.6) is 5.75 Å². The fourth-order valence-electron chi connectivity index (χ4n) is 6.32. The van der Waals surface area contributed by atoms with E-state index in [-0.39, 0.29) is 17.7 Å². The monoisotopic (exact) mass is 515 g/mol. The maximum absolute atomic E-state index is 14.1. The van der Waals surface area contributed by atoms with Crippen LogP contribution in [0.25, 0.3) is 16.8 Å². The largest absolute Gasteiger partial charge is 0.497 e. The summed E-state index contributed by atoms with van der Waals surface area (Å²) in [5, 5.41) is 4.93. The number of carbonyl (C=O) groups excluding carboxylic acids is 3. The molecule has 0 bridgehead atoms. The van der Waals surface area contributed by atoms with Crippen molar-refractivity contribution >= 4 is 45.9 Å². The summed E-state index contributed by atoms with van der Waals surface area (Å²) in [6.07, 6.45) is 3.79. The Morgan fingerprint density at radius 2 is 1.54 bits per heavy atom. The highest BCUT2D eigenvalue weighted by Crippen LogP contribution is 2.53. The van der Waals surface area contributed by atoms with Crippen molar-refractivity contribution in [2.45, 2.75) is 12.1 Å². The van der Waals surface area contributed by atoms with Gasteiger partial charge in [-0.3, -0.25) is 14.4 Å². The van der Waals surface area contributed by atoms with Gasteiger partial charge in [-0.15, -0.1) is 0 Å². The smallest absolute Gasteiger partial charge is 0.247 e. The van der Waals surface area contributed by atoms with Crippen molar-refractivity contribution in [3.63, 3.8) is 0 Å². The second kappa shape index (κ2) is 8.84. The molecule has 2 saturated heterocycles. The molecule has 192 valence electrons. The summed E-state index contributed by atoms with van der Waals surface area (Å²) < 4.78 is 5.22. The van der Waals surface area contributed by atoms with Crippen LogP contribution in [0.2, 0.25) is 0 Å². The summed E-state index contributed by atoms with van der Waals surface area (Å²) >= 11 is 0. The van der Waals surface area contributed by atoms with Crippen LogP contribution in [0.15, 0.2) is 97.2 Å². The zero-order chi connectivity index (χ0) is 26.7. The normalized spacial score (nSPS) is 23.0. The van der Waals surface area contributed by atoms with E-state index in [9.17, 15) is 14.4 Å². The van der Waals surface area contributed by atoms with E-state index in [2.05, 4.69) is 5.32 Å². The van der Waals surface area contributed by atoms with Gasteiger partial charge < -0.3 is 15.0 Å². The highest BCUT2D eigenvalue weighted by molar-refractivity contribution is 6.24. The van der Waals surface area contributed by atoms with Gasteiger partial charge in [-0.05, 0) is 64.4 Å². The van der Waals surface area contributed by atoms with Gasteiger partial charge in [-0.25, -0.2) is 4.90 Å². The van der Waals surface area contributed by atoms with Crippen LogP contribution in [0.3, 0.4) is 0 Å². The molecule has 3 aliphatic rings. The number of ether oxygens (including phenoxy) is 1. The molecule has 3 heterocycles. The van der Waals surface area contributed by atoms with Gasteiger partial charge in [0, 0.05) is 11.9 Å². The van der Waals surface area contributed by atoms with Gasteiger partial charge in [-0.2, -0.15) is 0 Å². The van der Waals surface area contributed by atoms with Crippen LogP contribution < -0.4 is 15.0 Å². The number of hydrogen-bond acceptors (Lipinski definition) is 5. The predicted molar refractivity (Wildman–Crippen MR) is 149 cm³/mol. The fourth-order valence-corrected chi connectivity index (χ4v) is 6.32. The molecule has 3 amide bonds. The Kier molecular flexibility index (Phi) is 5.26. The summed E-state index contributed by atoms with van der Waals surface area (Å²) in [6, 6.07) is 27.0. The van der Waals surface area contributed by atoms with Gasteiger partial charge in [0.15, 0.2) is 0 Å². The molecule has 0 radical (unpaired) electrons. The quantitative estimate of drug-likeness (QED) is 0.387. The van der Waals surface area contributed by atoms with E-state index >= 15 is 0 Å². The molecular weight excluding hydrogens is 490 g/mol. The van der Waals surface area contributed by atoms with Gasteiger partial charge in [0.25, 0.3) is 0 Å². The minimum Gasteiger partial charge on any atom is -0.497 e. The number of anilines is 2. The van der Waals surface area contributed by atoms with Crippen molar-refractivity contribution in [3.8, 4) is 5.75 Å².